The van der Waals surface area contributed by atoms with Gasteiger partial charge in [-0.1, -0.05) is 95.5 Å². The highest BCUT2D eigenvalue weighted by Crippen LogP contribution is 2.53. The molecule has 5 aromatic carbocycles. The Labute approximate surface area is 348 Å². The minimum Gasteiger partial charge on any atom is -0.442 e. The van der Waals surface area contributed by atoms with Crippen LogP contribution in [-0.2, 0) is 10.3 Å². The molecule has 0 aliphatic carbocycles. The molecule has 0 radical (unpaired) electrons. The van der Waals surface area contributed by atoms with Crippen molar-refractivity contribution in [3.05, 3.63) is 172 Å². The van der Waals surface area contributed by atoms with E-state index in [-0.39, 0.29) is 0 Å². The molecule has 8 heteroatoms. The van der Waals surface area contributed by atoms with E-state index >= 15 is 0 Å². The van der Waals surface area contributed by atoms with E-state index in [0.29, 0.717) is 29.6 Å². The van der Waals surface area contributed by atoms with E-state index in [0.717, 1.165) is 70.7 Å². The molecular formula is C46H40Br3ClN2O2. The number of fused-ring (bicyclic) bond motifs is 1. The second-order valence-electron chi connectivity index (χ2n) is 14.5. The molecule has 0 amide bonds. The zero-order valence-electron chi connectivity index (χ0n) is 30.3. The third kappa shape index (κ3) is 7.13. The van der Waals surface area contributed by atoms with Gasteiger partial charge in [0.15, 0.2) is 5.60 Å². The number of rotatable bonds is 8. The Morgan fingerprint density at radius 2 is 0.963 bits per heavy atom. The van der Waals surface area contributed by atoms with Crippen molar-refractivity contribution in [1.82, 2.24) is 0 Å². The fourth-order valence-electron chi connectivity index (χ4n) is 7.91. The average Bonchev–Trinajstić information content (AvgIpc) is 3.98. The number of benzene rings is 5. The highest BCUT2D eigenvalue weighted by molar-refractivity contribution is 9.13. The van der Waals surface area contributed by atoms with Gasteiger partial charge >= 0.3 is 5.97 Å². The second kappa shape index (κ2) is 15.5. The van der Waals surface area contributed by atoms with E-state index in [4.69, 9.17) is 16.3 Å². The van der Waals surface area contributed by atoms with Crippen LogP contribution in [0.2, 0.25) is 5.02 Å². The predicted octanol–water partition coefficient (Wildman–Crippen LogP) is 13.1. The fourth-order valence-corrected chi connectivity index (χ4v) is 10.1. The van der Waals surface area contributed by atoms with Gasteiger partial charge in [-0.25, -0.2) is 4.79 Å². The average molecular weight is 928 g/mol. The number of halogens is 4. The van der Waals surface area contributed by atoms with Crippen LogP contribution in [0.4, 0.5) is 11.4 Å². The number of hydrogen-bond donors (Lipinski definition) is 0. The number of aryl methyl sites for hydroxylation is 2. The molecule has 3 aliphatic rings. The van der Waals surface area contributed by atoms with Gasteiger partial charge in [-0.05, 0) is 157 Å². The number of cyclic esters (lactones) is 1. The summed E-state index contributed by atoms with van der Waals surface area (Å²) >= 11 is 18.2. The van der Waals surface area contributed by atoms with Gasteiger partial charge in [0.25, 0.3) is 0 Å². The Bertz CT molecular complexity index is 2150. The van der Waals surface area contributed by atoms with Crippen LogP contribution in [0, 0.1) is 13.8 Å². The van der Waals surface area contributed by atoms with Crippen molar-refractivity contribution in [1.29, 1.82) is 0 Å². The van der Waals surface area contributed by atoms with Gasteiger partial charge in [-0.3, -0.25) is 0 Å². The minimum atomic E-state index is -1.38. The van der Waals surface area contributed by atoms with Crippen molar-refractivity contribution in [3.8, 4) is 0 Å². The van der Waals surface area contributed by atoms with Crippen LogP contribution in [0.5, 0.6) is 0 Å². The number of carbonyl (C=O) groups excluding carboxylic acids is 1. The number of carbonyl (C=O) groups is 1. The van der Waals surface area contributed by atoms with E-state index in [1.165, 1.54) is 37.1 Å². The first-order chi connectivity index (χ1) is 26.1. The van der Waals surface area contributed by atoms with Crippen LogP contribution in [0.15, 0.2) is 123 Å². The van der Waals surface area contributed by atoms with E-state index in [1.807, 2.05) is 0 Å². The van der Waals surface area contributed by atoms with Gasteiger partial charge in [0.05, 0.1) is 15.1 Å². The van der Waals surface area contributed by atoms with E-state index in [1.54, 1.807) is 0 Å². The number of ether oxygens (including phenoxy) is 1. The highest BCUT2D eigenvalue weighted by atomic mass is 79.9. The maximum Gasteiger partial charge on any atom is 0.341 e. The second-order valence-corrected chi connectivity index (χ2v) is 17.3. The molecule has 54 heavy (non-hydrogen) atoms. The molecule has 0 spiro atoms. The van der Waals surface area contributed by atoms with Crippen LogP contribution in [0.1, 0.15) is 75.0 Å². The first-order valence-electron chi connectivity index (χ1n) is 18.5. The quantitative estimate of drug-likeness (QED) is 0.0882. The maximum atomic E-state index is 14.3. The van der Waals surface area contributed by atoms with Gasteiger partial charge in [0, 0.05) is 52.1 Å². The van der Waals surface area contributed by atoms with Crippen molar-refractivity contribution < 1.29 is 9.53 Å². The number of esters is 1. The smallest absolute Gasteiger partial charge is 0.341 e. The van der Waals surface area contributed by atoms with Crippen molar-refractivity contribution in [3.63, 3.8) is 0 Å². The summed E-state index contributed by atoms with van der Waals surface area (Å²) in [4.78, 5) is 19.2. The summed E-state index contributed by atoms with van der Waals surface area (Å²) < 4.78 is 8.48. The lowest BCUT2D eigenvalue weighted by Crippen LogP contribution is -2.23. The van der Waals surface area contributed by atoms with Gasteiger partial charge in [0.2, 0.25) is 0 Å². The predicted molar refractivity (Wildman–Crippen MR) is 234 cm³/mol. The summed E-state index contributed by atoms with van der Waals surface area (Å²) in [5.74, 6) is -0.442. The first kappa shape index (κ1) is 37.3. The lowest BCUT2D eigenvalue weighted by molar-refractivity contribution is 0.0298. The van der Waals surface area contributed by atoms with Gasteiger partial charge < -0.3 is 14.5 Å². The molecule has 0 N–H and O–H groups in total. The fraction of sp³-hybridized carbons (Fsp3) is 0.239. The number of anilines is 2. The lowest BCUT2D eigenvalue weighted by atomic mass is 9.83. The molecule has 5 aromatic rings. The third-order valence-corrected chi connectivity index (χ3v) is 14.6. The normalized spacial score (nSPS) is 18.7. The van der Waals surface area contributed by atoms with Crippen LogP contribution in [-0.4, -0.2) is 32.1 Å². The van der Waals surface area contributed by atoms with E-state index in [9.17, 15) is 4.79 Å². The molecule has 2 saturated heterocycles. The topological polar surface area (TPSA) is 32.8 Å². The van der Waals surface area contributed by atoms with E-state index in [2.05, 4.69) is 181 Å². The summed E-state index contributed by atoms with van der Waals surface area (Å²) in [5, 5.41) is 0.448. The standard InChI is InChI=1S/C46H40Br3ClN2O2/c1-29-7-11-31(12-8-29)37(33-15-19-35(20-16-33)51-23-3-4-24-51)27-46(40-39(45(53)54-46)41(47)43(49)44(50)42(40)48)28-38(32-13-9-30(2)10-14-32)34-17-21-36(22-18-34)52-25-5-6-26-52/h7-22,27-28H,3-6,23-26H2,1-2H3. The Kier molecular flexibility index (Phi) is 10.7. The Balaban J connectivity index is 1.40. The minimum absolute atomic E-state index is 0.422. The molecule has 3 aliphatic heterocycles. The molecule has 274 valence electrons. The van der Waals surface area contributed by atoms with Crippen molar-refractivity contribution in [2.75, 3.05) is 36.0 Å². The van der Waals surface area contributed by atoms with E-state index < -0.39 is 11.6 Å². The summed E-state index contributed by atoms with van der Waals surface area (Å²) in [6.45, 7) is 8.46. The van der Waals surface area contributed by atoms with Gasteiger partial charge in [-0.2, -0.15) is 0 Å². The lowest BCUT2D eigenvalue weighted by Gasteiger charge is -2.28. The first-order valence-corrected chi connectivity index (χ1v) is 21.3. The molecule has 0 saturated carbocycles. The van der Waals surface area contributed by atoms with Crippen molar-refractivity contribution in [2.24, 2.45) is 0 Å². The SMILES string of the molecule is Cc1ccc(C(=CC2(C=C(c3ccc(C)cc3)c3ccc(N4CCCC4)cc3)OC(=O)c3c(Br)c(Br)c(Cl)c(Br)c32)c2ccc(N3CCCC3)cc2)cc1. The Morgan fingerprint density at radius 3 is 1.35 bits per heavy atom. The molecule has 0 bridgehead atoms. The van der Waals surface area contributed by atoms with Gasteiger partial charge in [-0.15, -0.1) is 0 Å². The highest BCUT2D eigenvalue weighted by Gasteiger charge is 2.48. The van der Waals surface area contributed by atoms with Gasteiger partial charge in [0.1, 0.15) is 0 Å². The van der Waals surface area contributed by atoms with Crippen molar-refractivity contribution >= 4 is 87.9 Å². The third-order valence-electron chi connectivity index (χ3n) is 10.9. The Hall–Kier alpha value is -3.62. The number of hydrogen-bond acceptors (Lipinski definition) is 4. The Morgan fingerprint density at radius 1 is 0.593 bits per heavy atom. The number of nitrogens with zero attached hydrogens (tertiary/aromatic N) is 2. The zero-order chi connectivity index (χ0) is 37.6. The summed E-state index contributed by atoms with van der Waals surface area (Å²) in [7, 11) is 0. The van der Waals surface area contributed by atoms with Crippen LogP contribution >= 0.6 is 59.4 Å². The molecule has 8 rings (SSSR count). The summed E-state index contributed by atoms with van der Waals surface area (Å²) in [6, 6.07) is 34.6. The molecule has 0 atom stereocenters. The monoisotopic (exact) mass is 924 g/mol. The maximum absolute atomic E-state index is 14.3. The van der Waals surface area contributed by atoms with Crippen LogP contribution in [0.3, 0.4) is 0 Å². The summed E-state index contributed by atoms with van der Waals surface area (Å²) in [6.07, 6.45) is 9.07. The molecular weight excluding hydrogens is 888 g/mol. The molecule has 3 heterocycles. The molecule has 4 nitrogen and oxygen atoms in total. The molecule has 2 fully saturated rings. The zero-order valence-corrected chi connectivity index (χ0v) is 35.8. The largest absolute Gasteiger partial charge is 0.442 e. The van der Waals surface area contributed by atoms with Crippen LogP contribution < -0.4 is 9.80 Å². The van der Waals surface area contributed by atoms with Crippen LogP contribution in [0.25, 0.3) is 11.1 Å². The summed E-state index contributed by atoms with van der Waals surface area (Å²) in [5.41, 5.74) is 10.4. The molecule has 0 aromatic heterocycles. The van der Waals surface area contributed by atoms with Crippen molar-refractivity contribution in [2.45, 2.75) is 45.1 Å². The molecule has 0 unspecified atom stereocenters.